The Kier molecular flexibility index (Phi) is 8.30. The van der Waals surface area contributed by atoms with Gasteiger partial charge in [-0.2, -0.15) is 0 Å². The molecule has 1 aliphatic rings. The molecule has 0 atom stereocenters. The molecule has 2 N–H and O–H groups in total. The van der Waals surface area contributed by atoms with Gasteiger partial charge in [-0.3, -0.25) is 9.59 Å². The molecule has 0 radical (unpaired) electrons. The summed E-state index contributed by atoms with van der Waals surface area (Å²) in [5, 5.41) is 12.3. The zero-order valence-corrected chi connectivity index (χ0v) is 12.9. The lowest BCUT2D eigenvalue weighted by Gasteiger charge is -2.27. The third kappa shape index (κ3) is 6.44. The molecule has 0 aromatic carbocycles. The van der Waals surface area contributed by atoms with Crippen molar-refractivity contribution in [3.8, 4) is 0 Å². The van der Waals surface area contributed by atoms with Gasteiger partial charge in [-0.05, 0) is 12.8 Å². The molecule has 21 heavy (non-hydrogen) atoms. The zero-order valence-electron chi connectivity index (χ0n) is 12.9. The van der Waals surface area contributed by atoms with Crippen LogP contribution in [0, 0.1) is 5.41 Å². The van der Waals surface area contributed by atoms with Crippen LogP contribution < -0.4 is 5.32 Å². The molecule has 0 saturated heterocycles. The van der Waals surface area contributed by atoms with E-state index in [0.717, 1.165) is 25.7 Å². The van der Waals surface area contributed by atoms with E-state index in [0.29, 0.717) is 39.2 Å². The summed E-state index contributed by atoms with van der Waals surface area (Å²) in [6.45, 7) is 1.83. The summed E-state index contributed by atoms with van der Waals surface area (Å²) in [5.74, 6) is -1.04. The Morgan fingerprint density at radius 3 is 2.33 bits per heavy atom. The lowest BCUT2D eigenvalue weighted by molar-refractivity contribution is -0.152. The molecule has 1 fully saturated rings. The van der Waals surface area contributed by atoms with E-state index in [1.807, 2.05) is 0 Å². The molecule has 0 spiro atoms. The summed E-state index contributed by atoms with van der Waals surface area (Å²) >= 11 is 0. The monoisotopic (exact) mass is 301 g/mol. The van der Waals surface area contributed by atoms with E-state index >= 15 is 0 Å². The summed E-state index contributed by atoms with van der Waals surface area (Å²) in [6, 6.07) is 0. The summed E-state index contributed by atoms with van der Waals surface area (Å²) in [6.07, 6.45) is 5.16. The van der Waals surface area contributed by atoms with Crippen molar-refractivity contribution in [2.75, 3.05) is 33.5 Å². The van der Waals surface area contributed by atoms with Crippen LogP contribution in [0.15, 0.2) is 0 Å². The number of amides is 1. The van der Waals surface area contributed by atoms with Crippen molar-refractivity contribution in [2.45, 2.75) is 44.9 Å². The van der Waals surface area contributed by atoms with Gasteiger partial charge < -0.3 is 19.9 Å². The highest BCUT2D eigenvalue weighted by atomic mass is 16.5. The molecule has 0 aromatic rings. The number of rotatable bonds is 9. The first kappa shape index (κ1) is 17.9. The van der Waals surface area contributed by atoms with Gasteiger partial charge in [0.15, 0.2) is 0 Å². The van der Waals surface area contributed by atoms with Crippen LogP contribution in [0.5, 0.6) is 0 Å². The lowest BCUT2D eigenvalue weighted by atomic mass is 9.77. The average Bonchev–Trinajstić information content (AvgIpc) is 2.69. The summed E-state index contributed by atoms with van der Waals surface area (Å²) in [7, 11) is 1.60. The van der Waals surface area contributed by atoms with Gasteiger partial charge in [-0.1, -0.05) is 25.7 Å². The van der Waals surface area contributed by atoms with E-state index in [9.17, 15) is 14.7 Å². The van der Waals surface area contributed by atoms with Crippen molar-refractivity contribution in [1.29, 1.82) is 0 Å². The second-order valence-electron chi connectivity index (χ2n) is 5.63. The lowest BCUT2D eigenvalue weighted by Crippen LogP contribution is -2.38. The number of methoxy groups -OCH3 is 1. The Balaban J connectivity index is 2.33. The normalized spacial score (nSPS) is 18.0. The fourth-order valence-electron chi connectivity index (χ4n) is 2.75. The number of carboxylic acids is 1. The van der Waals surface area contributed by atoms with E-state index in [4.69, 9.17) is 9.47 Å². The van der Waals surface area contributed by atoms with Crippen LogP contribution >= 0.6 is 0 Å². The van der Waals surface area contributed by atoms with Crippen LogP contribution in [-0.4, -0.2) is 50.5 Å². The average molecular weight is 301 g/mol. The molecule has 0 bridgehead atoms. The van der Waals surface area contributed by atoms with Gasteiger partial charge in [0.2, 0.25) is 5.91 Å². The molecule has 6 nitrogen and oxygen atoms in total. The van der Waals surface area contributed by atoms with E-state index < -0.39 is 11.4 Å². The highest BCUT2D eigenvalue weighted by molar-refractivity contribution is 5.85. The molecule has 0 aromatic heterocycles. The number of hydrogen-bond acceptors (Lipinski definition) is 4. The van der Waals surface area contributed by atoms with Crippen LogP contribution in [-0.2, 0) is 19.1 Å². The molecular formula is C15H27NO5. The standard InChI is InChI=1S/C15H27NO5/c1-20-10-11-21-9-8-16-13(17)12-15(14(18)19)6-4-2-3-5-7-15/h2-12H2,1H3,(H,16,17)(H,18,19). The first-order chi connectivity index (χ1) is 10.1. The zero-order chi connectivity index (χ0) is 15.6. The van der Waals surface area contributed by atoms with E-state index in [-0.39, 0.29) is 12.3 Å². The summed E-state index contributed by atoms with van der Waals surface area (Å²) in [5.41, 5.74) is -0.877. The minimum Gasteiger partial charge on any atom is -0.481 e. The van der Waals surface area contributed by atoms with Crippen molar-refractivity contribution in [1.82, 2.24) is 5.32 Å². The minimum absolute atomic E-state index is 0.0698. The molecule has 122 valence electrons. The van der Waals surface area contributed by atoms with Crippen molar-refractivity contribution >= 4 is 11.9 Å². The van der Waals surface area contributed by atoms with E-state index in [1.54, 1.807) is 7.11 Å². The van der Waals surface area contributed by atoms with Crippen LogP contribution in [0.3, 0.4) is 0 Å². The quantitative estimate of drug-likeness (QED) is 0.499. The highest BCUT2D eigenvalue weighted by Gasteiger charge is 2.40. The van der Waals surface area contributed by atoms with Crippen LogP contribution in [0.4, 0.5) is 0 Å². The van der Waals surface area contributed by atoms with Crippen LogP contribution in [0.2, 0.25) is 0 Å². The van der Waals surface area contributed by atoms with Gasteiger partial charge in [-0.25, -0.2) is 0 Å². The maximum Gasteiger partial charge on any atom is 0.310 e. The number of hydrogen-bond donors (Lipinski definition) is 2. The Morgan fingerprint density at radius 1 is 1.10 bits per heavy atom. The number of nitrogens with one attached hydrogen (secondary N) is 1. The number of carbonyl (C=O) groups excluding carboxylic acids is 1. The first-order valence-corrected chi connectivity index (χ1v) is 7.67. The number of carbonyl (C=O) groups is 2. The molecule has 6 heteroatoms. The molecule has 1 rings (SSSR count). The van der Waals surface area contributed by atoms with Crippen molar-refractivity contribution < 1.29 is 24.2 Å². The van der Waals surface area contributed by atoms with E-state index in [2.05, 4.69) is 5.32 Å². The fourth-order valence-corrected chi connectivity index (χ4v) is 2.75. The molecule has 0 unspecified atom stereocenters. The molecular weight excluding hydrogens is 274 g/mol. The van der Waals surface area contributed by atoms with Gasteiger partial charge in [0.1, 0.15) is 0 Å². The van der Waals surface area contributed by atoms with Crippen molar-refractivity contribution in [3.05, 3.63) is 0 Å². The Bertz CT molecular complexity index is 324. The third-order valence-corrected chi connectivity index (χ3v) is 4.01. The Morgan fingerprint density at radius 2 is 1.76 bits per heavy atom. The molecule has 0 heterocycles. The Hall–Kier alpha value is -1.14. The second-order valence-corrected chi connectivity index (χ2v) is 5.63. The maximum atomic E-state index is 12.0. The summed E-state index contributed by atoms with van der Waals surface area (Å²) < 4.78 is 10.1. The topological polar surface area (TPSA) is 84.9 Å². The second kappa shape index (κ2) is 9.73. The predicted octanol–water partition coefficient (Wildman–Crippen LogP) is 1.58. The van der Waals surface area contributed by atoms with Crippen molar-refractivity contribution in [2.24, 2.45) is 5.41 Å². The molecule has 1 amide bonds. The van der Waals surface area contributed by atoms with Gasteiger partial charge >= 0.3 is 5.97 Å². The van der Waals surface area contributed by atoms with E-state index in [1.165, 1.54) is 0 Å². The number of aliphatic carboxylic acids is 1. The maximum absolute atomic E-state index is 12.0. The van der Waals surface area contributed by atoms with Gasteiger partial charge in [0, 0.05) is 20.1 Å². The molecule has 0 aliphatic heterocycles. The number of carboxylic acid groups (broad SMARTS) is 1. The minimum atomic E-state index is -0.877. The highest BCUT2D eigenvalue weighted by Crippen LogP contribution is 2.38. The van der Waals surface area contributed by atoms with Crippen LogP contribution in [0.25, 0.3) is 0 Å². The van der Waals surface area contributed by atoms with Gasteiger partial charge in [0.25, 0.3) is 0 Å². The summed E-state index contributed by atoms with van der Waals surface area (Å²) in [4.78, 5) is 23.6. The van der Waals surface area contributed by atoms with Gasteiger partial charge in [0.05, 0.1) is 25.2 Å². The third-order valence-electron chi connectivity index (χ3n) is 4.01. The SMILES string of the molecule is COCCOCCNC(=O)CC1(C(=O)O)CCCCCC1. The smallest absolute Gasteiger partial charge is 0.310 e. The van der Waals surface area contributed by atoms with Gasteiger partial charge in [-0.15, -0.1) is 0 Å². The number of ether oxygens (including phenoxy) is 2. The van der Waals surface area contributed by atoms with Crippen LogP contribution in [0.1, 0.15) is 44.9 Å². The largest absolute Gasteiger partial charge is 0.481 e. The predicted molar refractivity (Wildman–Crippen MR) is 78.1 cm³/mol. The fraction of sp³-hybridized carbons (Fsp3) is 0.867. The first-order valence-electron chi connectivity index (χ1n) is 7.67. The molecule has 1 saturated carbocycles. The van der Waals surface area contributed by atoms with Crippen molar-refractivity contribution in [3.63, 3.8) is 0 Å². The Labute approximate surface area is 126 Å². The molecule has 1 aliphatic carbocycles.